The van der Waals surface area contributed by atoms with E-state index in [0.717, 1.165) is 5.02 Å². The first-order chi connectivity index (χ1) is 8.09. The van der Waals surface area contributed by atoms with Crippen molar-refractivity contribution in [1.29, 1.82) is 0 Å². The number of halogens is 2. The first-order valence-electron chi connectivity index (χ1n) is 6.20. The Labute approximate surface area is 114 Å². The van der Waals surface area contributed by atoms with Crippen LogP contribution in [0.25, 0.3) is 0 Å². The second-order valence-corrected chi connectivity index (χ2v) is 5.91. The molecule has 0 radical (unpaired) electrons. The topological polar surface area (TPSA) is 3.24 Å². The molecule has 1 saturated carbocycles. The maximum atomic E-state index is 6.31. The van der Waals surface area contributed by atoms with Gasteiger partial charge in [0.25, 0.3) is 0 Å². The van der Waals surface area contributed by atoms with Gasteiger partial charge in [0.2, 0.25) is 0 Å². The van der Waals surface area contributed by atoms with E-state index in [4.69, 9.17) is 23.2 Å². The van der Waals surface area contributed by atoms with E-state index in [0.29, 0.717) is 17.0 Å². The van der Waals surface area contributed by atoms with Gasteiger partial charge in [-0.15, -0.1) is 0 Å². The molecule has 0 heterocycles. The van der Waals surface area contributed by atoms with E-state index in [1.807, 2.05) is 12.1 Å². The number of nitrogens with zero attached hydrogens (tertiary/aromatic N) is 1. The van der Waals surface area contributed by atoms with Crippen molar-refractivity contribution in [2.24, 2.45) is 0 Å². The average Bonchev–Trinajstić information content (AvgIpc) is 2.33. The molecular weight excluding hydrogens is 253 g/mol. The fourth-order valence-corrected chi connectivity index (χ4v) is 3.21. The van der Waals surface area contributed by atoms with Crippen LogP contribution in [0.2, 0.25) is 10.0 Å². The Morgan fingerprint density at radius 1 is 1.18 bits per heavy atom. The molecule has 0 N–H and O–H groups in total. The van der Waals surface area contributed by atoms with E-state index < -0.39 is 0 Å². The molecular formula is C14H19Cl2N. The largest absolute Gasteiger partial charge is 0.306 e. The first kappa shape index (κ1) is 13.2. The average molecular weight is 272 g/mol. The van der Waals surface area contributed by atoms with Crippen molar-refractivity contribution in [3.05, 3.63) is 33.8 Å². The van der Waals surface area contributed by atoms with Crippen LogP contribution in [0.3, 0.4) is 0 Å². The molecule has 1 nitrogen and oxygen atoms in total. The van der Waals surface area contributed by atoms with Crippen LogP contribution < -0.4 is 0 Å². The third-order valence-electron chi connectivity index (χ3n) is 3.80. The summed E-state index contributed by atoms with van der Waals surface area (Å²) >= 11 is 12.4. The highest BCUT2D eigenvalue weighted by atomic mass is 35.5. The van der Waals surface area contributed by atoms with Crippen LogP contribution in [-0.4, -0.2) is 25.0 Å². The fraction of sp³-hybridized carbons (Fsp3) is 0.571. The van der Waals surface area contributed by atoms with Crippen molar-refractivity contribution >= 4 is 23.2 Å². The van der Waals surface area contributed by atoms with E-state index in [1.165, 1.54) is 31.2 Å². The number of benzene rings is 1. The maximum absolute atomic E-state index is 6.31. The fourth-order valence-electron chi connectivity index (χ4n) is 2.75. The monoisotopic (exact) mass is 271 g/mol. The zero-order chi connectivity index (χ0) is 12.4. The molecule has 1 aromatic carbocycles. The van der Waals surface area contributed by atoms with E-state index >= 15 is 0 Å². The predicted molar refractivity (Wildman–Crippen MR) is 75.1 cm³/mol. The molecule has 0 saturated heterocycles. The molecule has 0 spiro atoms. The molecule has 2 atom stereocenters. The molecule has 1 aliphatic rings. The van der Waals surface area contributed by atoms with Crippen LogP contribution >= 0.6 is 23.2 Å². The van der Waals surface area contributed by atoms with Gasteiger partial charge in [-0.1, -0.05) is 41.8 Å². The molecule has 0 aromatic heterocycles. The lowest BCUT2D eigenvalue weighted by Gasteiger charge is -2.34. The zero-order valence-corrected chi connectivity index (χ0v) is 11.9. The van der Waals surface area contributed by atoms with Gasteiger partial charge in [-0.3, -0.25) is 0 Å². The standard InChI is InChI=1S/C14H19Cl2N/c1-17(2)11-6-3-5-10(9-11)12-7-4-8-13(15)14(12)16/h4,7-8,10-11H,3,5-6,9H2,1-2H3. The van der Waals surface area contributed by atoms with Gasteiger partial charge >= 0.3 is 0 Å². The van der Waals surface area contributed by atoms with Gasteiger partial charge in [0, 0.05) is 6.04 Å². The minimum atomic E-state index is 0.558. The van der Waals surface area contributed by atoms with E-state index in [1.54, 1.807) is 0 Å². The lowest BCUT2D eigenvalue weighted by Crippen LogP contribution is -2.32. The van der Waals surface area contributed by atoms with E-state index in [9.17, 15) is 0 Å². The van der Waals surface area contributed by atoms with Crippen molar-refractivity contribution in [1.82, 2.24) is 4.90 Å². The minimum Gasteiger partial charge on any atom is -0.306 e. The van der Waals surface area contributed by atoms with Crippen molar-refractivity contribution in [3.63, 3.8) is 0 Å². The van der Waals surface area contributed by atoms with Crippen LogP contribution in [0.5, 0.6) is 0 Å². The van der Waals surface area contributed by atoms with Crippen LogP contribution in [0.4, 0.5) is 0 Å². The van der Waals surface area contributed by atoms with Crippen molar-refractivity contribution in [2.45, 2.75) is 37.6 Å². The number of rotatable bonds is 2. The second-order valence-electron chi connectivity index (χ2n) is 5.12. The Kier molecular flexibility index (Phi) is 4.35. The minimum absolute atomic E-state index is 0.558. The summed E-state index contributed by atoms with van der Waals surface area (Å²) in [7, 11) is 4.32. The lowest BCUT2D eigenvalue weighted by molar-refractivity contribution is 0.213. The van der Waals surface area contributed by atoms with Gasteiger partial charge < -0.3 is 4.90 Å². The molecule has 94 valence electrons. The van der Waals surface area contributed by atoms with Crippen LogP contribution in [0.15, 0.2) is 18.2 Å². The Balaban J connectivity index is 2.19. The van der Waals surface area contributed by atoms with Crippen molar-refractivity contribution in [2.75, 3.05) is 14.1 Å². The number of hydrogen-bond acceptors (Lipinski definition) is 1. The Hall–Kier alpha value is -0.240. The van der Waals surface area contributed by atoms with Gasteiger partial charge in [-0.25, -0.2) is 0 Å². The van der Waals surface area contributed by atoms with Gasteiger partial charge in [0.15, 0.2) is 0 Å². The zero-order valence-electron chi connectivity index (χ0n) is 10.4. The van der Waals surface area contributed by atoms with Crippen molar-refractivity contribution in [3.8, 4) is 0 Å². The summed E-state index contributed by atoms with van der Waals surface area (Å²) in [6, 6.07) is 6.66. The van der Waals surface area contributed by atoms with Gasteiger partial charge in [-0.05, 0) is 50.9 Å². The van der Waals surface area contributed by atoms with Crippen molar-refractivity contribution < 1.29 is 0 Å². The summed E-state index contributed by atoms with van der Waals surface area (Å²) in [5.74, 6) is 0.558. The quantitative estimate of drug-likeness (QED) is 0.761. The molecule has 2 unspecified atom stereocenters. The Morgan fingerprint density at radius 3 is 2.65 bits per heavy atom. The maximum Gasteiger partial charge on any atom is 0.0627 e. The first-order valence-corrected chi connectivity index (χ1v) is 6.95. The van der Waals surface area contributed by atoms with Gasteiger partial charge in [0.1, 0.15) is 0 Å². The Morgan fingerprint density at radius 2 is 1.94 bits per heavy atom. The molecule has 0 amide bonds. The molecule has 0 bridgehead atoms. The summed E-state index contributed by atoms with van der Waals surface area (Å²) in [6.45, 7) is 0. The second kappa shape index (κ2) is 5.60. The molecule has 1 fully saturated rings. The predicted octanol–water partition coefficient (Wildman–Crippen LogP) is 4.58. The highest BCUT2D eigenvalue weighted by Crippen LogP contribution is 2.39. The SMILES string of the molecule is CN(C)C1CCCC(c2cccc(Cl)c2Cl)C1. The van der Waals surface area contributed by atoms with Gasteiger partial charge in [0.05, 0.1) is 10.0 Å². The Bertz CT molecular complexity index is 390. The highest BCUT2D eigenvalue weighted by Gasteiger charge is 2.26. The molecule has 3 heteroatoms. The van der Waals surface area contributed by atoms with Crippen LogP contribution in [0.1, 0.15) is 37.2 Å². The molecule has 17 heavy (non-hydrogen) atoms. The molecule has 1 aliphatic carbocycles. The summed E-state index contributed by atoms with van der Waals surface area (Å²) < 4.78 is 0. The smallest absolute Gasteiger partial charge is 0.0627 e. The molecule has 2 rings (SSSR count). The molecule has 1 aromatic rings. The summed E-state index contributed by atoms with van der Waals surface area (Å²) in [6.07, 6.45) is 4.98. The van der Waals surface area contributed by atoms with E-state index in [2.05, 4.69) is 25.1 Å². The summed E-state index contributed by atoms with van der Waals surface area (Å²) in [4.78, 5) is 2.32. The van der Waals surface area contributed by atoms with Gasteiger partial charge in [-0.2, -0.15) is 0 Å². The highest BCUT2D eigenvalue weighted by molar-refractivity contribution is 6.42. The third kappa shape index (κ3) is 2.96. The lowest BCUT2D eigenvalue weighted by atomic mass is 9.81. The van der Waals surface area contributed by atoms with Crippen LogP contribution in [0, 0.1) is 0 Å². The normalized spacial score (nSPS) is 25.2. The number of hydrogen-bond donors (Lipinski definition) is 0. The third-order valence-corrected chi connectivity index (χ3v) is 4.63. The molecule has 0 aliphatic heterocycles. The van der Waals surface area contributed by atoms with E-state index in [-0.39, 0.29) is 0 Å². The summed E-state index contributed by atoms with van der Waals surface area (Å²) in [5, 5.41) is 1.43. The summed E-state index contributed by atoms with van der Waals surface area (Å²) in [5.41, 5.74) is 1.23. The van der Waals surface area contributed by atoms with Crippen LogP contribution in [-0.2, 0) is 0 Å².